The molecular weight excluding hydrogens is 296 g/mol. The summed E-state index contributed by atoms with van der Waals surface area (Å²) in [6.45, 7) is 5.48. The minimum Gasteiger partial charge on any atom is -0.374 e. The van der Waals surface area contributed by atoms with E-state index in [0.29, 0.717) is 0 Å². The Bertz CT molecular complexity index is 618. The molecule has 0 spiro atoms. The second-order valence-electron chi connectivity index (χ2n) is 5.05. The van der Waals surface area contributed by atoms with Crippen LogP contribution in [0.4, 0.5) is 5.82 Å². The van der Waals surface area contributed by atoms with Crippen molar-refractivity contribution >= 4 is 39.0 Å². The van der Waals surface area contributed by atoms with E-state index in [-0.39, 0.29) is 11.4 Å². The Balaban J connectivity index is 1.76. The molecule has 1 fully saturated rings. The number of nitrogens with one attached hydrogen (secondary N) is 1. The molecule has 2 aromatic heterocycles. The zero-order chi connectivity index (χ0) is 14.1. The first kappa shape index (κ1) is 14.0. The van der Waals surface area contributed by atoms with Crippen LogP contribution in [0, 0.1) is 6.92 Å². The second kappa shape index (κ2) is 5.81. The van der Waals surface area contributed by atoms with Crippen molar-refractivity contribution in [2.75, 3.05) is 38.6 Å². The van der Waals surface area contributed by atoms with Gasteiger partial charge < -0.3 is 15.0 Å². The highest BCUT2D eigenvalue weighted by molar-refractivity contribution is 7.18. The van der Waals surface area contributed by atoms with E-state index in [2.05, 4.69) is 40.2 Å². The van der Waals surface area contributed by atoms with Gasteiger partial charge in [0.15, 0.2) is 0 Å². The molecule has 5 nitrogen and oxygen atoms in total. The Labute approximate surface area is 126 Å². The number of thiophene rings is 1. The minimum absolute atomic E-state index is 0.178. The summed E-state index contributed by atoms with van der Waals surface area (Å²) in [6, 6.07) is 2.09. The number of halogens is 1. The number of hydrogen-bond donors (Lipinski definition) is 1. The molecule has 1 aliphatic rings. The SMILES string of the molecule is Cc1cc2c(NCC3CN(C)CCO3)nc(Cl)nc2s1. The van der Waals surface area contributed by atoms with Gasteiger partial charge in [-0.3, -0.25) is 0 Å². The molecule has 108 valence electrons. The average molecular weight is 313 g/mol. The molecule has 7 heteroatoms. The third kappa shape index (κ3) is 3.03. The number of aromatic nitrogens is 2. The topological polar surface area (TPSA) is 50.3 Å². The van der Waals surface area contributed by atoms with Crippen molar-refractivity contribution in [2.45, 2.75) is 13.0 Å². The lowest BCUT2D eigenvalue weighted by Gasteiger charge is -2.30. The second-order valence-corrected chi connectivity index (χ2v) is 6.63. The molecule has 1 unspecified atom stereocenters. The third-order valence-corrected chi connectivity index (χ3v) is 4.44. The van der Waals surface area contributed by atoms with Crippen molar-refractivity contribution in [1.29, 1.82) is 0 Å². The number of rotatable bonds is 3. The van der Waals surface area contributed by atoms with Crippen LogP contribution in [0.5, 0.6) is 0 Å². The van der Waals surface area contributed by atoms with E-state index < -0.39 is 0 Å². The number of likely N-dealkylation sites (N-methyl/N-ethyl adjacent to an activating group) is 1. The highest BCUT2D eigenvalue weighted by atomic mass is 35.5. The van der Waals surface area contributed by atoms with Crippen LogP contribution in [0.2, 0.25) is 5.28 Å². The van der Waals surface area contributed by atoms with Crippen LogP contribution in [-0.4, -0.2) is 54.3 Å². The maximum atomic E-state index is 5.98. The summed E-state index contributed by atoms with van der Waals surface area (Å²) >= 11 is 7.61. The van der Waals surface area contributed by atoms with E-state index in [0.717, 1.165) is 42.3 Å². The van der Waals surface area contributed by atoms with Crippen molar-refractivity contribution in [1.82, 2.24) is 14.9 Å². The van der Waals surface area contributed by atoms with Crippen molar-refractivity contribution < 1.29 is 4.74 Å². The van der Waals surface area contributed by atoms with Crippen LogP contribution in [0.3, 0.4) is 0 Å². The van der Waals surface area contributed by atoms with Gasteiger partial charge in [0.25, 0.3) is 0 Å². The number of fused-ring (bicyclic) bond motifs is 1. The van der Waals surface area contributed by atoms with Gasteiger partial charge in [0.2, 0.25) is 5.28 Å². The van der Waals surface area contributed by atoms with Gasteiger partial charge in [-0.2, -0.15) is 0 Å². The smallest absolute Gasteiger partial charge is 0.225 e. The van der Waals surface area contributed by atoms with Crippen LogP contribution < -0.4 is 5.32 Å². The lowest BCUT2D eigenvalue weighted by Crippen LogP contribution is -2.43. The quantitative estimate of drug-likeness (QED) is 0.882. The molecular formula is C13H17ClN4OS. The highest BCUT2D eigenvalue weighted by Gasteiger charge is 2.18. The van der Waals surface area contributed by atoms with Gasteiger partial charge >= 0.3 is 0 Å². The molecule has 0 aromatic carbocycles. The fraction of sp³-hybridized carbons (Fsp3) is 0.538. The predicted octanol–water partition coefficient (Wildman–Crippen LogP) is 2.40. The Morgan fingerprint density at radius 3 is 3.20 bits per heavy atom. The summed E-state index contributed by atoms with van der Waals surface area (Å²) in [6.07, 6.45) is 0.178. The van der Waals surface area contributed by atoms with E-state index in [9.17, 15) is 0 Å². The normalized spacial score (nSPS) is 20.4. The summed E-state index contributed by atoms with van der Waals surface area (Å²) in [4.78, 5) is 13.0. The molecule has 0 aliphatic carbocycles. The van der Waals surface area contributed by atoms with E-state index >= 15 is 0 Å². The molecule has 3 rings (SSSR count). The van der Waals surface area contributed by atoms with Crippen molar-refractivity contribution in [3.63, 3.8) is 0 Å². The van der Waals surface area contributed by atoms with Crippen molar-refractivity contribution in [3.8, 4) is 0 Å². The molecule has 3 heterocycles. The van der Waals surface area contributed by atoms with Crippen LogP contribution >= 0.6 is 22.9 Å². The first-order valence-electron chi connectivity index (χ1n) is 6.59. The van der Waals surface area contributed by atoms with Crippen LogP contribution in [0.25, 0.3) is 10.2 Å². The first-order valence-corrected chi connectivity index (χ1v) is 7.79. The molecule has 2 aromatic rings. The van der Waals surface area contributed by atoms with Gasteiger partial charge in [-0.05, 0) is 31.6 Å². The van der Waals surface area contributed by atoms with E-state index in [1.54, 1.807) is 11.3 Å². The van der Waals surface area contributed by atoms with Crippen molar-refractivity contribution in [2.24, 2.45) is 0 Å². The standard InChI is InChI=1S/C13H17ClN4OS/c1-8-5-10-11(16-13(14)17-12(10)20-8)15-6-9-7-18(2)3-4-19-9/h5,9H,3-4,6-7H2,1-2H3,(H,15,16,17). The highest BCUT2D eigenvalue weighted by Crippen LogP contribution is 2.29. The largest absolute Gasteiger partial charge is 0.374 e. The van der Waals surface area contributed by atoms with Gasteiger partial charge in [-0.1, -0.05) is 0 Å². The molecule has 0 bridgehead atoms. The summed E-state index contributed by atoms with van der Waals surface area (Å²) in [5.41, 5.74) is 0. The number of aryl methyl sites for hydroxylation is 1. The molecule has 1 saturated heterocycles. The summed E-state index contributed by atoms with van der Waals surface area (Å²) < 4.78 is 5.74. The molecule has 1 aliphatic heterocycles. The number of hydrogen-bond acceptors (Lipinski definition) is 6. The maximum Gasteiger partial charge on any atom is 0.225 e. The molecule has 1 N–H and O–H groups in total. The molecule has 20 heavy (non-hydrogen) atoms. The molecule has 0 radical (unpaired) electrons. The Morgan fingerprint density at radius 1 is 1.55 bits per heavy atom. The van der Waals surface area contributed by atoms with Crippen molar-refractivity contribution in [3.05, 3.63) is 16.2 Å². The van der Waals surface area contributed by atoms with Gasteiger partial charge in [0, 0.05) is 24.5 Å². The minimum atomic E-state index is 0.178. The van der Waals surface area contributed by atoms with E-state index in [1.807, 2.05) is 0 Å². The predicted molar refractivity (Wildman–Crippen MR) is 82.9 cm³/mol. The monoisotopic (exact) mass is 312 g/mol. The van der Waals surface area contributed by atoms with E-state index in [1.165, 1.54) is 4.88 Å². The number of morpholine rings is 1. The van der Waals surface area contributed by atoms with E-state index in [4.69, 9.17) is 16.3 Å². The summed E-state index contributed by atoms with van der Waals surface area (Å²) in [7, 11) is 2.11. The summed E-state index contributed by atoms with van der Waals surface area (Å²) in [5.74, 6) is 0.793. The lowest BCUT2D eigenvalue weighted by molar-refractivity contribution is -0.0117. The number of anilines is 1. The lowest BCUT2D eigenvalue weighted by atomic mass is 10.2. The zero-order valence-corrected chi connectivity index (χ0v) is 13.1. The fourth-order valence-electron chi connectivity index (χ4n) is 2.35. The molecule has 1 atom stereocenters. The van der Waals surface area contributed by atoms with Gasteiger partial charge in [0.1, 0.15) is 10.6 Å². The fourth-order valence-corrected chi connectivity index (χ4v) is 3.45. The van der Waals surface area contributed by atoms with Gasteiger partial charge in [-0.15, -0.1) is 11.3 Å². The third-order valence-electron chi connectivity index (χ3n) is 3.33. The molecule has 0 saturated carbocycles. The summed E-state index contributed by atoms with van der Waals surface area (Å²) in [5, 5.41) is 4.66. The Hall–Kier alpha value is -0.950. The van der Waals surface area contributed by atoms with Gasteiger partial charge in [0.05, 0.1) is 18.1 Å². The first-order chi connectivity index (χ1) is 9.61. The molecule has 0 amide bonds. The average Bonchev–Trinajstić information content (AvgIpc) is 2.76. The van der Waals surface area contributed by atoms with Crippen LogP contribution in [0.1, 0.15) is 4.88 Å². The number of ether oxygens (including phenoxy) is 1. The van der Waals surface area contributed by atoms with Gasteiger partial charge in [-0.25, -0.2) is 9.97 Å². The zero-order valence-electron chi connectivity index (χ0n) is 11.5. The van der Waals surface area contributed by atoms with Crippen LogP contribution in [-0.2, 0) is 4.74 Å². The Kier molecular flexibility index (Phi) is 4.07. The Morgan fingerprint density at radius 2 is 2.40 bits per heavy atom. The maximum absolute atomic E-state index is 5.98. The number of nitrogens with zero attached hydrogens (tertiary/aromatic N) is 3. The van der Waals surface area contributed by atoms with Crippen LogP contribution in [0.15, 0.2) is 6.07 Å².